The van der Waals surface area contributed by atoms with Gasteiger partial charge in [0.05, 0.1) is 0 Å². The van der Waals surface area contributed by atoms with Crippen LogP contribution < -0.4 is 5.73 Å². The number of hydrogen-bond donors (Lipinski definition) is 1. The van der Waals surface area contributed by atoms with Crippen LogP contribution in [0.15, 0.2) is 0 Å². The van der Waals surface area contributed by atoms with E-state index in [0.717, 1.165) is 31.8 Å². The summed E-state index contributed by atoms with van der Waals surface area (Å²) in [5.41, 5.74) is 6.02. The molecule has 1 heterocycles. The predicted octanol–water partition coefficient (Wildman–Crippen LogP) is 3.18. The van der Waals surface area contributed by atoms with E-state index in [9.17, 15) is 4.79 Å². The molecule has 3 unspecified atom stereocenters. The summed E-state index contributed by atoms with van der Waals surface area (Å²) >= 11 is 0. The average molecular weight is 280 g/mol. The van der Waals surface area contributed by atoms with Gasteiger partial charge in [-0.3, -0.25) is 4.79 Å². The molecule has 2 rings (SSSR count). The fraction of sp³-hybridized carbons (Fsp3) is 0.941. The number of piperidine rings is 1. The van der Waals surface area contributed by atoms with E-state index in [0.29, 0.717) is 11.8 Å². The lowest BCUT2D eigenvalue weighted by Gasteiger charge is -2.36. The molecule has 2 fully saturated rings. The molecule has 3 heteroatoms. The normalized spacial score (nSPS) is 28.1. The number of carbonyl (C=O) groups excluding carboxylic acids is 1. The molecule has 0 spiro atoms. The summed E-state index contributed by atoms with van der Waals surface area (Å²) in [6.07, 6.45) is 10.2. The molecule has 1 saturated carbocycles. The van der Waals surface area contributed by atoms with Crippen molar-refractivity contribution in [3.05, 3.63) is 0 Å². The van der Waals surface area contributed by atoms with Gasteiger partial charge in [0.25, 0.3) is 0 Å². The molecular formula is C17H32N2O. The molecule has 1 aliphatic carbocycles. The van der Waals surface area contributed by atoms with Crippen LogP contribution in [0.3, 0.4) is 0 Å². The minimum Gasteiger partial charge on any atom is -0.342 e. The average Bonchev–Trinajstić information content (AvgIpc) is 2.47. The van der Waals surface area contributed by atoms with E-state index in [-0.39, 0.29) is 12.0 Å². The van der Waals surface area contributed by atoms with E-state index in [4.69, 9.17) is 5.73 Å². The summed E-state index contributed by atoms with van der Waals surface area (Å²) in [7, 11) is 0. The van der Waals surface area contributed by atoms with Crippen molar-refractivity contribution in [3.8, 4) is 0 Å². The fourth-order valence-corrected chi connectivity index (χ4v) is 3.97. The first-order valence-corrected chi connectivity index (χ1v) is 8.62. The second-order valence-electron chi connectivity index (χ2n) is 7.19. The molecule has 2 aliphatic rings. The summed E-state index contributed by atoms with van der Waals surface area (Å²) in [6.45, 7) is 6.03. The molecule has 20 heavy (non-hydrogen) atoms. The van der Waals surface area contributed by atoms with E-state index in [1.165, 1.54) is 38.5 Å². The molecule has 3 nitrogen and oxygen atoms in total. The first-order chi connectivity index (χ1) is 9.58. The van der Waals surface area contributed by atoms with Gasteiger partial charge in [-0.2, -0.15) is 0 Å². The molecule has 3 atom stereocenters. The Labute approximate surface area is 124 Å². The maximum atomic E-state index is 12.6. The Kier molecular flexibility index (Phi) is 5.88. The topological polar surface area (TPSA) is 46.3 Å². The van der Waals surface area contributed by atoms with E-state index >= 15 is 0 Å². The number of likely N-dealkylation sites (tertiary alicyclic amines) is 1. The lowest BCUT2D eigenvalue weighted by molar-refractivity contribution is -0.137. The maximum absolute atomic E-state index is 12.6. The lowest BCUT2D eigenvalue weighted by Crippen LogP contribution is -2.46. The molecule has 1 saturated heterocycles. The Morgan fingerprint density at radius 3 is 2.50 bits per heavy atom. The van der Waals surface area contributed by atoms with Gasteiger partial charge in [-0.25, -0.2) is 0 Å². The summed E-state index contributed by atoms with van der Waals surface area (Å²) in [5, 5.41) is 0. The highest BCUT2D eigenvalue weighted by molar-refractivity contribution is 5.78. The summed E-state index contributed by atoms with van der Waals surface area (Å²) in [5.74, 6) is 1.86. The quantitative estimate of drug-likeness (QED) is 0.859. The molecule has 116 valence electrons. The van der Waals surface area contributed by atoms with Crippen molar-refractivity contribution in [2.45, 2.75) is 71.3 Å². The van der Waals surface area contributed by atoms with Gasteiger partial charge in [0, 0.05) is 25.0 Å². The Balaban J connectivity index is 1.82. The smallest absolute Gasteiger partial charge is 0.225 e. The van der Waals surface area contributed by atoms with Gasteiger partial charge in [-0.15, -0.1) is 0 Å². The molecule has 0 radical (unpaired) electrons. The van der Waals surface area contributed by atoms with Crippen molar-refractivity contribution < 1.29 is 4.79 Å². The van der Waals surface area contributed by atoms with Gasteiger partial charge in [-0.05, 0) is 38.0 Å². The number of carbonyl (C=O) groups is 1. The van der Waals surface area contributed by atoms with Crippen molar-refractivity contribution in [1.29, 1.82) is 0 Å². The second-order valence-corrected chi connectivity index (χ2v) is 7.19. The molecule has 0 aromatic carbocycles. The Bertz CT molecular complexity index is 310. The van der Waals surface area contributed by atoms with Crippen molar-refractivity contribution in [2.75, 3.05) is 13.1 Å². The zero-order valence-corrected chi connectivity index (χ0v) is 13.3. The van der Waals surface area contributed by atoms with Crippen LogP contribution in [0.2, 0.25) is 0 Å². The Morgan fingerprint density at radius 2 is 1.85 bits per heavy atom. The van der Waals surface area contributed by atoms with Gasteiger partial charge >= 0.3 is 0 Å². The highest BCUT2D eigenvalue weighted by Crippen LogP contribution is 2.30. The standard InChI is InChI=1S/C17H32N2O/c1-13(11-15-7-4-3-5-8-15)17(20)19-10-6-9-16(12-19)14(2)18/h13-16H,3-12,18H2,1-2H3. The third-order valence-corrected chi connectivity index (χ3v) is 5.35. The monoisotopic (exact) mass is 280 g/mol. The lowest BCUT2D eigenvalue weighted by atomic mass is 9.82. The van der Waals surface area contributed by atoms with Crippen LogP contribution in [0.5, 0.6) is 0 Å². The Hall–Kier alpha value is -0.570. The zero-order chi connectivity index (χ0) is 14.5. The van der Waals surface area contributed by atoms with Gasteiger partial charge in [0.15, 0.2) is 0 Å². The number of rotatable bonds is 4. The van der Waals surface area contributed by atoms with Crippen molar-refractivity contribution in [2.24, 2.45) is 23.5 Å². The van der Waals surface area contributed by atoms with Crippen LogP contribution in [0.25, 0.3) is 0 Å². The minimum absolute atomic E-state index is 0.199. The highest BCUT2D eigenvalue weighted by atomic mass is 16.2. The van der Waals surface area contributed by atoms with Crippen molar-refractivity contribution in [3.63, 3.8) is 0 Å². The third-order valence-electron chi connectivity index (χ3n) is 5.35. The highest BCUT2D eigenvalue weighted by Gasteiger charge is 2.29. The number of nitrogens with zero attached hydrogens (tertiary/aromatic N) is 1. The van der Waals surface area contributed by atoms with Crippen molar-refractivity contribution in [1.82, 2.24) is 4.90 Å². The molecule has 0 aromatic rings. The molecule has 1 amide bonds. The summed E-state index contributed by atoms with van der Waals surface area (Å²) in [4.78, 5) is 14.7. The Morgan fingerprint density at radius 1 is 1.15 bits per heavy atom. The molecular weight excluding hydrogens is 248 g/mol. The van der Waals surface area contributed by atoms with Crippen molar-refractivity contribution >= 4 is 5.91 Å². The van der Waals surface area contributed by atoms with E-state index in [1.54, 1.807) is 0 Å². The van der Waals surface area contributed by atoms with Crippen LogP contribution in [0, 0.1) is 17.8 Å². The van der Waals surface area contributed by atoms with E-state index < -0.39 is 0 Å². The van der Waals surface area contributed by atoms with Gasteiger partial charge < -0.3 is 10.6 Å². The van der Waals surface area contributed by atoms with Crippen LogP contribution in [-0.4, -0.2) is 29.9 Å². The van der Waals surface area contributed by atoms with Gasteiger partial charge in [-0.1, -0.05) is 39.0 Å². The fourth-order valence-electron chi connectivity index (χ4n) is 3.97. The van der Waals surface area contributed by atoms with E-state index in [1.807, 2.05) is 0 Å². The molecule has 1 aliphatic heterocycles. The van der Waals surface area contributed by atoms with Crippen LogP contribution in [0.1, 0.15) is 65.2 Å². The molecule has 0 bridgehead atoms. The van der Waals surface area contributed by atoms with Crippen LogP contribution in [0.4, 0.5) is 0 Å². The van der Waals surface area contributed by atoms with Crippen LogP contribution >= 0.6 is 0 Å². The van der Waals surface area contributed by atoms with Crippen LogP contribution in [-0.2, 0) is 4.79 Å². The maximum Gasteiger partial charge on any atom is 0.225 e. The zero-order valence-electron chi connectivity index (χ0n) is 13.3. The number of nitrogens with two attached hydrogens (primary N) is 1. The minimum atomic E-state index is 0.199. The number of amides is 1. The molecule has 0 aromatic heterocycles. The summed E-state index contributed by atoms with van der Waals surface area (Å²) in [6, 6.07) is 0.208. The second kappa shape index (κ2) is 7.44. The predicted molar refractivity (Wildman–Crippen MR) is 83.3 cm³/mol. The third kappa shape index (κ3) is 4.21. The SMILES string of the molecule is CC(CC1CCCCC1)C(=O)N1CCCC(C(C)N)C1. The largest absolute Gasteiger partial charge is 0.342 e. The number of hydrogen-bond acceptors (Lipinski definition) is 2. The first kappa shape index (κ1) is 15.8. The van der Waals surface area contributed by atoms with Gasteiger partial charge in [0.1, 0.15) is 0 Å². The summed E-state index contributed by atoms with van der Waals surface area (Å²) < 4.78 is 0. The molecule has 2 N–H and O–H groups in total. The van der Waals surface area contributed by atoms with Gasteiger partial charge in [0.2, 0.25) is 5.91 Å². The van der Waals surface area contributed by atoms with E-state index in [2.05, 4.69) is 18.7 Å². The first-order valence-electron chi connectivity index (χ1n) is 8.62.